The maximum absolute atomic E-state index is 12.6. The Hall–Kier alpha value is -3.26. The molecule has 0 radical (unpaired) electrons. The summed E-state index contributed by atoms with van der Waals surface area (Å²) in [6, 6.07) is -5.74. The summed E-state index contributed by atoms with van der Waals surface area (Å²) in [6.07, 6.45) is -1.57. The second-order valence-electron chi connectivity index (χ2n) is 7.08. The first-order valence-electron chi connectivity index (χ1n) is 9.30. The maximum atomic E-state index is 12.6. The number of rotatable bonds is 14. The van der Waals surface area contributed by atoms with Crippen LogP contribution in [0.5, 0.6) is 0 Å². The average Bonchev–Trinajstić information content (AvgIpc) is 2.66. The number of carboxylic acids is 2. The van der Waals surface area contributed by atoms with Crippen molar-refractivity contribution < 1.29 is 44.1 Å². The first kappa shape index (κ1) is 27.7. The second-order valence-corrected chi connectivity index (χ2v) is 7.08. The van der Waals surface area contributed by atoms with E-state index in [1.807, 2.05) is 0 Å². The van der Waals surface area contributed by atoms with Crippen molar-refractivity contribution in [3.05, 3.63) is 0 Å². The number of carbonyl (C=O) groups is 6. The number of amides is 4. The van der Waals surface area contributed by atoms with E-state index >= 15 is 0 Å². The Balaban J connectivity index is 5.43. The summed E-state index contributed by atoms with van der Waals surface area (Å²) in [5.41, 5.74) is 10.3. The number of primary amides is 1. The number of carboxylic acid groups (broad SMARTS) is 2. The molecule has 0 aliphatic heterocycles. The van der Waals surface area contributed by atoms with Crippen molar-refractivity contribution in [1.29, 1.82) is 0 Å². The number of aliphatic hydroxyl groups excluding tert-OH is 1. The summed E-state index contributed by atoms with van der Waals surface area (Å²) >= 11 is 0. The highest BCUT2D eigenvalue weighted by Gasteiger charge is 2.32. The topological polar surface area (TPSA) is 251 Å². The van der Waals surface area contributed by atoms with Gasteiger partial charge in [-0.05, 0) is 12.3 Å². The summed E-state index contributed by atoms with van der Waals surface area (Å²) in [5, 5.41) is 33.7. The second kappa shape index (κ2) is 13.1. The monoisotopic (exact) mass is 447 g/mol. The summed E-state index contributed by atoms with van der Waals surface area (Å²) in [5.74, 6) is -7.13. The molecule has 14 nitrogen and oxygen atoms in total. The van der Waals surface area contributed by atoms with Crippen LogP contribution < -0.4 is 27.4 Å². The third-order valence-corrected chi connectivity index (χ3v) is 4.09. The van der Waals surface area contributed by atoms with Crippen LogP contribution in [0.25, 0.3) is 0 Å². The molecule has 0 fully saturated rings. The quantitative estimate of drug-likeness (QED) is 0.129. The molecule has 176 valence electrons. The summed E-state index contributed by atoms with van der Waals surface area (Å²) in [4.78, 5) is 70.2. The standard InChI is InChI=1S/C17H29N5O9/c1-7(2)13(22-14(27)8(18)6-23)16(29)21-10(5-12(25)26)15(28)20-9(17(30)31)3-4-11(19)24/h7-10,13,23H,3-6,18H2,1-2H3,(H2,19,24)(H,20,28)(H,21,29)(H,22,27)(H,25,26)(H,30,31). The molecular formula is C17H29N5O9. The van der Waals surface area contributed by atoms with Crippen molar-refractivity contribution in [2.75, 3.05) is 6.61 Å². The van der Waals surface area contributed by atoms with E-state index in [-0.39, 0.29) is 12.8 Å². The molecule has 0 rings (SSSR count). The Morgan fingerprint density at radius 2 is 1.42 bits per heavy atom. The van der Waals surface area contributed by atoms with Crippen LogP contribution in [0.2, 0.25) is 0 Å². The van der Waals surface area contributed by atoms with Crippen LogP contribution in [0.3, 0.4) is 0 Å². The number of aliphatic carboxylic acids is 2. The van der Waals surface area contributed by atoms with Crippen LogP contribution in [0.4, 0.5) is 0 Å². The molecule has 0 aliphatic rings. The van der Waals surface area contributed by atoms with Gasteiger partial charge in [0, 0.05) is 6.42 Å². The van der Waals surface area contributed by atoms with Gasteiger partial charge in [0.05, 0.1) is 13.0 Å². The minimum absolute atomic E-state index is 0.339. The van der Waals surface area contributed by atoms with Gasteiger partial charge in [0.25, 0.3) is 0 Å². The van der Waals surface area contributed by atoms with Crippen molar-refractivity contribution in [2.45, 2.75) is 57.3 Å². The molecule has 14 heteroatoms. The molecule has 31 heavy (non-hydrogen) atoms. The lowest BCUT2D eigenvalue weighted by atomic mass is 10.0. The SMILES string of the molecule is CC(C)C(NC(=O)C(N)CO)C(=O)NC(CC(=O)O)C(=O)NC(CCC(N)=O)C(=O)O. The third-order valence-electron chi connectivity index (χ3n) is 4.09. The van der Waals surface area contributed by atoms with Gasteiger partial charge in [-0.1, -0.05) is 13.8 Å². The minimum Gasteiger partial charge on any atom is -0.481 e. The molecule has 0 spiro atoms. The molecule has 0 aliphatic carbocycles. The highest BCUT2D eigenvalue weighted by atomic mass is 16.4. The number of carbonyl (C=O) groups excluding carboxylic acids is 4. The molecule has 0 aromatic heterocycles. The molecule has 0 heterocycles. The molecule has 0 aromatic carbocycles. The highest BCUT2D eigenvalue weighted by Crippen LogP contribution is 2.05. The van der Waals surface area contributed by atoms with Gasteiger partial charge in [0.2, 0.25) is 23.6 Å². The van der Waals surface area contributed by atoms with Gasteiger partial charge in [-0.25, -0.2) is 4.79 Å². The van der Waals surface area contributed by atoms with E-state index in [4.69, 9.17) is 26.8 Å². The van der Waals surface area contributed by atoms with Gasteiger partial charge in [0.1, 0.15) is 24.2 Å². The van der Waals surface area contributed by atoms with E-state index in [0.29, 0.717) is 0 Å². The fraction of sp³-hybridized carbons (Fsp3) is 0.647. The van der Waals surface area contributed by atoms with Gasteiger partial charge in [-0.2, -0.15) is 0 Å². The normalized spacial score (nSPS) is 14.6. The summed E-state index contributed by atoms with van der Waals surface area (Å²) in [7, 11) is 0. The van der Waals surface area contributed by atoms with Gasteiger partial charge < -0.3 is 42.7 Å². The lowest BCUT2D eigenvalue weighted by Gasteiger charge is -2.26. The Morgan fingerprint density at radius 1 is 0.871 bits per heavy atom. The van der Waals surface area contributed by atoms with Crippen molar-refractivity contribution in [3.8, 4) is 0 Å². The van der Waals surface area contributed by atoms with E-state index in [2.05, 4.69) is 16.0 Å². The van der Waals surface area contributed by atoms with Crippen molar-refractivity contribution in [1.82, 2.24) is 16.0 Å². The molecule has 0 saturated carbocycles. The van der Waals surface area contributed by atoms with Crippen LogP contribution in [-0.4, -0.2) is 81.7 Å². The van der Waals surface area contributed by atoms with Gasteiger partial charge >= 0.3 is 11.9 Å². The molecule has 0 aromatic rings. The minimum atomic E-state index is -1.68. The smallest absolute Gasteiger partial charge is 0.326 e. The lowest BCUT2D eigenvalue weighted by Crippen LogP contribution is -2.59. The first-order valence-corrected chi connectivity index (χ1v) is 9.30. The van der Waals surface area contributed by atoms with Crippen LogP contribution in [0, 0.1) is 5.92 Å². The van der Waals surface area contributed by atoms with Gasteiger partial charge in [-0.15, -0.1) is 0 Å². The summed E-state index contributed by atoms with van der Waals surface area (Å²) in [6.45, 7) is 2.45. The van der Waals surface area contributed by atoms with Gasteiger partial charge in [0.15, 0.2) is 0 Å². The van der Waals surface area contributed by atoms with E-state index in [9.17, 15) is 28.8 Å². The zero-order valence-electron chi connectivity index (χ0n) is 17.2. The van der Waals surface area contributed by atoms with Crippen LogP contribution in [-0.2, 0) is 28.8 Å². The molecule has 4 atom stereocenters. The predicted octanol–water partition coefficient (Wildman–Crippen LogP) is -3.76. The largest absolute Gasteiger partial charge is 0.481 e. The number of nitrogens with one attached hydrogen (secondary N) is 3. The van der Waals surface area contributed by atoms with E-state index in [1.54, 1.807) is 13.8 Å². The fourth-order valence-corrected chi connectivity index (χ4v) is 2.34. The van der Waals surface area contributed by atoms with E-state index in [0.717, 1.165) is 0 Å². The highest BCUT2D eigenvalue weighted by molar-refractivity contribution is 5.95. The Labute approximate surface area is 177 Å². The van der Waals surface area contributed by atoms with Crippen molar-refractivity contribution in [2.24, 2.45) is 17.4 Å². The molecule has 10 N–H and O–H groups in total. The van der Waals surface area contributed by atoms with Crippen molar-refractivity contribution in [3.63, 3.8) is 0 Å². The fourth-order valence-electron chi connectivity index (χ4n) is 2.34. The average molecular weight is 447 g/mol. The molecule has 4 amide bonds. The van der Waals surface area contributed by atoms with Crippen LogP contribution in [0.1, 0.15) is 33.1 Å². The number of hydrogen-bond donors (Lipinski definition) is 8. The Bertz CT molecular complexity index is 697. The number of aliphatic hydroxyl groups is 1. The number of nitrogens with two attached hydrogens (primary N) is 2. The molecule has 0 bridgehead atoms. The van der Waals surface area contributed by atoms with E-state index in [1.165, 1.54) is 0 Å². The van der Waals surface area contributed by atoms with Crippen LogP contribution >= 0.6 is 0 Å². The Morgan fingerprint density at radius 3 is 1.84 bits per heavy atom. The third kappa shape index (κ3) is 10.4. The molecule has 4 unspecified atom stereocenters. The predicted molar refractivity (Wildman–Crippen MR) is 104 cm³/mol. The summed E-state index contributed by atoms with van der Waals surface area (Å²) < 4.78 is 0. The zero-order chi connectivity index (χ0) is 24.3. The van der Waals surface area contributed by atoms with Crippen molar-refractivity contribution >= 4 is 35.6 Å². The van der Waals surface area contributed by atoms with Gasteiger partial charge in [-0.3, -0.25) is 24.0 Å². The van der Waals surface area contributed by atoms with E-state index < -0.39 is 78.7 Å². The lowest BCUT2D eigenvalue weighted by molar-refractivity contribution is -0.144. The first-order chi connectivity index (χ1) is 14.3. The van der Waals surface area contributed by atoms with Crippen LogP contribution in [0.15, 0.2) is 0 Å². The molecular weight excluding hydrogens is 418 g/mol. The number of hydrogen-bond acceptors (Lipinski definition) is 8. The molecule has 0 saturated heterocycles. The zero-order valence-corrected chi connectivity index (χ0v) is 17.2. The maximum Gasteiger partial charge on any atom is 0.326 e. The Kier molecular flexibility index (Phi) is 11.7.